The van der Waals surface area contributed by atoms with Gasteiger partial charge in [0.1, 0.15) is 11.3 Å². The average Bonchev–Trinajstić information content (AvgIpc) is 2.22. The second-order valence-electron chi connectivity index (χ2n) is 5.38. The number of aromatic hydroxyl groups is 1. The molecule has 1 aromatic carbocycles. The fourth-order valence-electron chi connectivity index (χ4n) is 2.56. The van der Waals surface area contributed by atoms with E-state index in [0.717, 1.165) is 11.1 Å². The van der Waals surface area contributed by atoms with E-state index in [4.69, 9.17) is 4.74 Å². The monoisotopic (exact) mass is 233 g/mol. The van der Waals surface area contributed by atoms with Crippen LogP contribution in [0.1, 0.15) is 25.0 Å². The first kappa shape index (κ1) is 10.6. The van der Waals surface area contributed by atoms with E-state index in [9.17, 15) is 9.90 Å². The number of phenolic OH excluding ortho intramolecular Hbond substituents is 1. The Bertz CT molecular complexity index is 503. The standard InChI is InChI=1S/C13H15NO3/c1-12(2)10-5-8(15)3-4-9(10)13(6-17-7-13)14-11(12)16/h3-5,15H,6-7H2,1-2H3,(H,14,16). The molecule has 1 spiro atoms. The van der Waals surface area contributed by atoms with Gasteiger partial charge in [0.2, 0.25) is 5.91 Å². The van der Waals surface area contributed by atoms with Crippen LogP contribution in [0.4, 0.5) is 0 Å². The van der Waals surface area contributed by atoms with Crippen LogP contribution in [0, 0.1) is 0 Å². The van der Waals surface area contributed by atoms with Gasteiger partial charge in [-0.15, -0.1) is 0 Å². The minimum Gasteiger partial charge on any atom is -0.508 e. The molecule has 0 saturated carbocycles. The molecule has 4 nitrogen and oxygen atoms in total. The van der Waals surface area contributed by atoms with Gasteiger partial charge in [-0.05, 0) is 37.1 Å². The molecule has 0 unspecified atom stereocenters. The van der Waals surface area contributed by atoms with Crippen LogP contribution in [0.15, 0.2) is 18.2 Å². The van der Waals surface area contributed by atoms with Gasteiger partial charge in [-0.2, -0.15) is 0 Å². The third kappa shape index (κ3) is 1.24. The highest BCUT2D eigenvalue weighted by Crippen LogP contribution is 2.43. The van der Waals surface area contributed by atoms with E-state index in [-0.39, 0.29) is 17.2 Å². The van der Waals surface area contributed by atoms with Crippen molar-refractivity contribution >= 4 is 5.91 Å². The largest absolute Gasteiger partial charge is 0.508 e. The highest BCUT2D eigenvalue weighted by atomic mass is 16.5. The highest BCUT2D eigenvalue weighted by molar-refractivity contribution is 5.91. The van der Waals surface area contributed by atoms with Crippen LogP contribution in [0.25, 0.3) is 0 Å². The Morgan fingerprint density at radius 1 is 1.29 bits per heavy atom. The van der Waals surface area contributed by atoms with Gasteiger partial charge in [-0.25, -0.2) is 0 Å². The first-order valence-electron chi connectivity index (χ1n) is 5.70. The van der Waals surface area contributed by atoms with Gasteiger partial charge >= 0.3 is 0 Å². The topological polar surface area (TPSA) is 58.6 Å². The number of carbonyl (C=O) groups excluding carboxylic acids is 1. The third-order valence-corrected chi connectivity index (χ3v) is 3.81. The van der Waals surface area contributed by atoms with E-state index in [1.54, 1.807) is 12.1 Å². The lowest BCUT2D eigenvalue weighted by Crippen LogP contribution is -2.65. The summed E-state index contributed by atoms with van der Waals surface area (Å²) in [4.78, 5) is 12.1. The molecular weight excluding hydrogens is 218 g/mol. The smallest absolute Gasteiger partial charge is 0.230 e. The van der Waals surface area contributed by atoms with Crippen molar-refractivity contribution in [1.82, 2.24) is 5.32 Å². The summed E-state index contributed by atoms with van der Waals surface area (Å²) >= 11 is 0. The predicted molar refractivity (Wildman–Crippen MR) is 61.8 cm³/mol. The van der Waals surface area contributed by atoms with Crippen LogP contribution in [0.2, 0.25) is 0 Å². The number of benzene rings is 1. The Kier molecular flexibility index (Phi) is 1.88. The first-order valence-corrected chi connectivity index (χ1v) is 5.70. The minimum atomic E-state index is -0.616. The molecule has 0 bridgehead atoms. The van der Waals surface area contributed by atoms with Gasteiger partial charge in [0.25, 0.3) is 0 Å². The summed E-state index contributed by atoms with van der Waals surface area (Å²) in [5, 5.41) is 12.7. The lowest BCUT2D eigenvalue weighted by Gasteiger charge is -2.49. The van der Waals surface area contributed by atoms with Crippen molar-refractivity contribution in [3.05, 3.63) is 29.3 Å². The Labute approximate surface area is 99.6 Å². The van der Waals surface area contributed by atoms with Gasteiger partial charge in [0, 0.05) is 0 Å². The van der Waals surface area contributed by atoms with E-state index in [1.807, 2.05) is 19.9 Å². The zero-order chi connectivity index (χ0) is 12.3. The molecule has 2 aliphatic heterocycles. The molecule has 2 aliphatic rings. The maximum absolute atomic E-state index is 12.1. The van der Waals surface area contributed by atoms with E-state index >= 15 is 0 Å². The zero-order valence-corrected chi connectivity index (χ0v) is 9.91. The number of nitrogens with one attached hydrogen (secondary N) is 1. The van der Waals surface area contributed by atoms with Crippen LogP contribution in [0.5, 0.6) is 5.75 Å². The SMILES string of the molecule is CC1(C)C(=O)NC2(COC2)c2ccc(O)cc21. The van der Waals surface area contributed by atoms with Crippen molar-refractivity contribution < 1.29 is 14.6 Å². The highest BCUT2D eigenvalue weighted by Gasteiger charge is 2.51. The van der Waals surface area contributed by atoms with Crippen LogP contribution in [-0.4, -0.2) is 24.2 Å². The lowest BCUT2D eigenvalue weighted by molar-refractivity contribution is -0.141. The average molecular weight is 233 g/mol. The molecule has 0 aromatic heterocycles. The molecule has 0 aliphatic carbocycles. The van der Waals surface area contributed by atoms with Crippen LogP contribution < -0.4 is 5.32 Å². The van der Waals surface area contributed by atoms with E-state index < -0.39 is 5.41 Å². The van der Waals surface area contributed by atoms with E-state index in [0.29, 0.717) is 13.2 Å². The van der Waals surface area contributed by atoms with Crippen molar-refractivity contribution in [2.45, 2.75) is 24.8 Å². The summed E-state index contributed by atoms with van der Waals surface area (Å²) in [6.07, 6.45) is 0. The van der Waals surface area contributed by atoms with Crippen molar-refractivity contribution in [2.24, 2.45) is 0 Å². The van der Waals surface area contributed by atoms with Crippen LogP contribution in [-0.2, 0) is 20.5 Å². The van der Waals surface area contributed by atoms with Crippen molar-refractivity contribution in [2.75, 3.05) is 13.2 Å². The quantitative estimate of drug-likeness (QED) is 0.703. The van der Waals surface area contributed by atoms with E-state index in [2.05, 4.69) is 5.32 Å². The fraction of sp³-hybridized carbons (Fsp3) is 0.462. The number of rotatable bonds is 0. The molecule has 17 heavy (non-hydrogen) atoms. The van der Waals surface area contributed by atoms with E-state index in [1.165, 1.54) is 0 Å². The third-order valence-electron chi connectivity index (χ3n) is 3.81. The number of fused-ring (bicyclic) bond motifs is 2. The molecule has 0 radical (unpaired) electrons. The van der Waals surface area contributed by atoms with Gasteiger partial charge < -0.3 is 15.2 Å². The maximum Gasteiger partial charge on any atom is 0.230 e. The summed E-state index contributed by atoms with van der Waals surface area (Å²) in [6, 6.07) is 5.23. The number of hydrogen-bond donors (Lipinski definition) is 2. The van der Waals surface area contributed by atoms with Crippen LogP contribution >= 0.6 is 0 Å². The molecule has 3 rings (SSSR count). The number of carbonyl (C=O) groups is 1. The Hall–Kier alpha value is -1.55. The van der Waals surface area contributed by atoms with Gasteiger partial charge in [0.15, 0.2) is 0 Å². The summed E-state index contributed by atoms with van der Waals surface area (Å²) in [6.45, 7) is 4.75. The second kappa shape index (κ2) is 3.01. The molecular formula is C13H15NO3. The Morgan fingerprint density at radius 3 is 2.59 bits per heavy atom. The van der Waals surface area contributed by atoms with Crippen molar-refractivity contribution in [3.8, 4) is 5.75 Å². The normalized spacial score (nSPS) is 23.8. The van der Waals surface area contributed by atoms with Crippen molar-refractivity contribution in [3.63, 3.8) is 0 Å². The van der Waals surface area contributed by atoms with Gasteiger partial charge in [-0.1, -0.05) is 6.07 Å². The number of phenols is 1. The van der Waals surface area contributed by atoms with Crippen LogP contribution in [0.3, 0.4) is 0 Å². The first-order chi connectivity index (χ1) is 7.96. The molecule has 1 fully saturated rings. The molecule has 1 aromatic rings. The van der Waals surface area contributed by atoms with Gasteiger partial charge in [-0.3, -0.25) is 4.79 Å². The number of hydrogen-bond acceptors (Lipinski definition) is 3. The molecule has 4 heteroatoms. The Morgan fingerprint density at radius 2 is 2.00 bits per heavy atom. The molecule has 0 atom stereocenters. The molecule has 90 valence electrons. The second-order valence-corrected chi connectivity index (χ2v) is 5.38. The van der Waals surface area contributed by atoms with Crippen molar-refractivity contribution in [1.29, 1.82) is 0 Å². The summed E-state index contributed by atoms with van der Waals surface area (Å²) in [7, 11) is 0. The summed E-state index contributed by atoms with van der Waals surface area (Å²) < 4.78 is 5.24. The molecule has 2 N–H and O–H groups in total. The lowest BCUT2D eigenvalue weighted by atomic mass is 9.70. The number of ether oxygens (including phenoxy) is 1. The maximum atomic E-state index is 12.1. The zero-order valence-electron chi connectivity index (χ0n) is 9.91. The molecule has 2 heterocycles. The fourth-order valence-corrected chi connectivity index (χ4v) is 2.56. The predicted octanol–water partition coefficient (Wildman–Crippen LogP) is 1.03. The minimum absolute atomic E-state index is 0.0149. The molecule has 1 saturated heterocycles. The number of amides is 1. The Balaban J connectivity index is 2.24. The van der Waals surface area contributed by atoms with Gasteiger partial charge in [0.05, 0.1) is 18.6 Å². The molecule has 1 amide bonds. The summed E-state index contributed by atoms with van der Waals surface area (Å²) in [5.74, 6) is 0.181. The summed E-state index contributed by atoms with van der Waals surface area (Å²) in [5.41, 5.74) is 0.959.